The Morgan fingerprint density at radius 3 is 2.84 bits per heavy atom. The second kappa shape index (κ2) is 11.5. The Hall–Kier alpha value is -3.21. The zero-order chi connectivity index (χ0) is 25.8. The smallest absolute Gasteiger partial charge is 0.271 e. The number of aromatic nitrogens is 4. The van der Waals surface area contributed by atoms with E-state index in [4.69, 9.17) is 11.6 Å². The minimum atomic E-state index is -0.523. The maximum atomic E-state index is 12.7. The molecule has 1 fully saturated rings. The minimum absolute atomic E-state index is 0.137. The van der Waals surface area contributed by atoms with Crippen LogP contribution in [0, 0.1) is 6.92 Å². The molecule has 3 heterocycles. The molecule has 1 unspecified atom stereocenters. The van der Waals surface area contributed by atoms with Crippen LogP contribution in [0.15, 0.2) is 59.1 Å². The molecule has 1 saturated heterocycles. The molecule has 190 valence electrons. The van der Waals surface area contributed by atoms with E-state index in [0.717, 1.165) is 34.7 Å². The van der Waals surface area contributed by atoms with Gasteiger partial charge in [-0.1, -0.05) is 53.7 Å². The molecular formula is C26H25ClN6O2S2. The van der Waals surface area contributed by atoms with E-state index in [9.17, 15) is 9.59 Å². The third-order valence-corrected chi connectivity index (χ3v) is 8.36. The van der Waals surface area contributed by atoms with Crippen molar-refractivity contribution in [3.8, 4) is 17.1 Å². The first-order chi connectivity index (χ1) is 18.0. The minimum Gasteiger partial charge on any atom is -0.354 e. The molecule has 0 saturated carbocycles. The fourth-order valence-electron chi connectivity index (χ4n) is 4.13. The highest BCUT2D eigenvalue weighted by atomic mass is 35.5. The Balaban J connectivity index is 1.36. The Kier molecular flexibility index (Phi) is 7.87. The van der Waals surface area contributed by atoms with E-state index in [-0.39, 0.29) is 11.8 Å². The summed E-state index contributed by atoms with van der Waals surface area (Å²) >= 11 is 9.39. The molecule has 2 aromatic carbocycles. The van der Waals surface area contributed by atoms with Crippen molar-refractivity contribution in [3.63, 3.8) is 0 Å². The van der Waals surface area contributed by atoms with Crippen LogP contribution >= 0.6 is 34.7 Å². The number of para-hydroxylation sites is 1. The van der Waals surface area contributed by atoms with Crippen molar-refractivity contribution < 1.29 is 9.59 Å². The van der Waals surface area contributed by atoms with Crippen molar-refractivity contribution in [2.24, 2.45) is 0 Å². The van der Waals surface area contributed by atoms with Crippen molar-refractivity contribution in [3.05, 3.63) is 75.2 Å². The fourth-order valence-corrected chi connectivity index (χ4v) is 6.09. The lowest BCUT2D eigenvalue weighted by Gasteiger charge is -2.14. The third-order valence-electron chi connectivity index (χ3n) is 6.05. The van der Waals surface area contributed by atoms with Crippen LogP contribution in [0.4, 0.5) is 0 Å². The number of hydrogen-bond donors (Lipinski definition) is 2. The summed E-state index contributed by atoms with van der Waals surface area (Å²) in [6.45, 7) is 2.69. The molecule has 0 radical (unpaired) electrons. The van der Waals surface area contributed by atoms with Gasteiger partial charge >= 0.3 is 0 Å². The molecule has 37 heavy (non-hydrogen) atoms. The number of nitrogens with one attached hydrogen (secondary N) is 2. The van der Waals surface area contributed by atoms with Gasteiger partial charge in [-0.15, -0.1) is 21.5 Å². The van der Waals surface area contributed by atoms with Gasteiger partial charge in [-0.3, -0.25) is 14.2 Å². The molecule has 2 N–H and O–H groups in total. The summed E-state index contributed by atoms with van der Waals surface area (Å²) < 4.78 is 2.01. The zero-order valence-corrected chi connectivity index (χ0v) is 22.5. The second-order valence-corrected chi connectivity index (χ2v) is 10.9. The van der Waals surface area contributed by atoms with Gasteiger partial charge in [0, 0.05) is 17.5 Å². The highest BCUT2D eigenvalue weighted by Crippen LogP contribution is 2.34. The van der Waals surface area contributed by atoms with Gasteiger partial charge in [0.25, 0.3) is 5.91 Å². The maximum absolute atomic E-state index is 12.7. The number of carbonyl (C=O) groups excluding carboxylic acids is 2. The van der Waals surface area contributed by atoms with Gasteiger partial charge in [0.2, 0.25) is 5.91 Å². The van der Waals surface area contributed by atoms with Gasteiger partial charge < -0.3 is 10.6 Å². The standard InChI is InChI=1S/C26H25ClN6O2S2/c1-16-8-2-5-12-21(16)33-23(17-9-3-4-10-18(17)27)31-32-26(33)37-15-22-29-20(14-36-22)25(35)30-19-11-6-7-13-28-24(19)34/h2-5,8-10,12,14,19H,6-7,11,13,15H2,1H3,(H,28,34)(H,30,35). The SMILES string of the molecule is Cc1ccccc1-n1c(SCc2nc(C(=O)NC3CCCCNC3=O)cs2)nnc1-c1ccccc1Cl. The molecule has 0 aliphatic carbocycles. The molecule has 1 aliphatic rings. The molecule has 1 aliphatic heterocycles. The van der Waals surface area contributed by atoms with Gasteiger partial charge in [0.1, 0.15) is 16.7 Å². The molecule has 2 amide bonds. The Morgan fingerprint density at radius 1 is 1.19 bits per heavy atom. The van der Waals surface area contributed by atoms with Crippen LogP contribution < -0.4 is 10.6 Å². The quantitative estimate of drug-likeness (QED) is 0.311. The first kappa shape index (κ1) is 25.4. The largest absolute Gasteiger partial charge is 0.354 e. The lowest BCUT2D eigenvalue weighted by atomic mass is 10.1. The van der Waals surface area contributed by atoms with Crippen LogP contribution in [0.5, 0.6) is 0 Å². The number of thiazole rings is 1. The number of thioether (sulfide) groups is 1. The number of halogens is 1. The van der Waals surface area contributed by atoms with E-state index in [1.165, 1.54) is 23.1 Å². The van der Waals surface area contributed by atoms with Crippen LogP contribution in [-0.4, -0.2) is 44.1 Å². The predicted molar refractivity (Wildman–Crippen MR) is 146 cm³/mol. The molecular weight excluding hydrogens is 528 g/mol. The Bertz CT molecular complexity index is 1440. The molecule has 0 spiro atoms. The summed E-state index contributed by atoms with van der Waals surface area (Å²) in [6.07, 6.45) is 2.44. The third kappa shape index (κ3) is 5.71. The number of rotatable bonds is 7. The first-order valence-corrected chi connectivity index (χ1v) is 14.2. The van der Waals surface area contributed by atoms with E-state index in [1.807, 2.05) is 60.0 Å². The normalized spacial score (nSPS) is 15.7. The van der Waals surface area contributed by atoms with Gasteiger partial charge in [-0.05, 0) is 49.9 Å². The summed E-state index contributed by atoms with van der Waals surface area (Å²) in [5.41, 5.74) is 3.15. The van der Waals surface area contributed by atoms with E-state index < -0.39 is 6.04 Å². The lowest BCUT2D eigenvalue weighted by Crippen LogP contribution is -2.45. The fraction of sp³-hybridized carbons (Fsp3) is 0.269. The topological polar surface area (TPSA) is 102 Å². The van der Waals surface area contributed by atoms with Gasteiger partial charge in [0.15, 0.2) is 11.0 Å². The molecule has 4 aromatic rings. The highest BCUT2D eigenvalue weighted by molar-refractivity contribution is 7.98. The van der Waals surface area contributed by atoms with E-state index >= 15 is 0 Å². The van der Waals surface area contributed by atoms with E-state index in [2.05, 4.69) is 25.8 Å². The van der Waals surface area contributed by atoms with Crippen molar-refractivity contribution in [2.45, 2.75) is 43.1 Å². The Morgan fingerprint density at radius 2 is 2.00 bits per heavy atom. The summed E-state index contributed by atoms with van der Waals surface area (Å²) in [5.74, 6) is 0.692. The monoisotopic (exact) mass is 552 g/mol. The molecule has 1 atom stereocenters. The molecule has 5 rings (SSSR count). The van der Waals surface area contributed by atoms with Crippen LogP contribution in [0.25, 0.3) is 17.1 Å². The number of hydrogen-bond acceptors (Lipinski definition) is 7. The summed E-state index contributed by atoms with van der Waals surface area (Å²) in [6, 6.07) is 15.1. The van der Waals surface area contributed by atoms with Crippen LogP contribution in [0.3, 0.4) is 0 Å². The lowest BCUT2D eigenvalue weighted by molar-refractivity contribution is -0.122. The van der Waals surface area contributed by atoms with Gasteiger partial charge in [-0.25, -0.2) is 4.98 Å². The first-order valence-electron chi connectivity index (χ1n) is 11.9. The van der Waals surface area contributed by atoms with Crippen LogP contribution in [0.1, 0.15) is 40.3 Å². The number of nitrogens with zero attached hydrogens (tertiary/aromatic N) is 4. The molecule has 0 bridgehead atoms. The Labute approximate surface area is 227 Å². The predicted octanol–water partition coefficient (Wildman–Crippen LogP) is 5.04. The van der Waals surface area contributed by atoms with E-state index in [0.29, 0.717) is 40.4 Å². The number of aryl methyl sites for hydroxylation is 1. The number of carbonyl (C=O) groups is 2. The van der Waals surface area contributed by atoms with Crippen LogP contribution in [-0.2, 0) is 10.5 Å². The number of amides is 2. The molecule has 2 aromatic heterocycles. The summed E-state index contributed by atoms with van der Waals surface area (Å²) in [4.78, 5) is 29.4. The van der Waals surface area contributed by atoms with E-state index in [1.54, 1.807) is 5.38 Å². The van der Waals surface area contributed by atoms with Crippen LogP contribution in [0.2, 0.25) is 5.02 Å². The highest BCUT2D eigenvalue weighted by Gasteiger charge is 2.24. The van der Waals surface area contributed by atoms with Crippen molar-refractivity contribution in [2.75, 3.05) is 6.54 Å². The summed E-state index contributed by atoms with van der Waals surface area (Å²) in [7, 11) is 0. The van der Waals surface area contributed by atoms with Crippen molar-refractivity contribution in [1.29, 1.82) is 0 Å². The molecule has 11 heteroatoms. The maximum Gasteiger partial charge on any atom is 0.271 e. The van der Waals surface area contributed by atoms with Gasteiger partial charge in [0.05, 0.1) is 16.5 Å². The second-order valence-electron chi connectivity index (χ2n) is 8.64. The summed E-state index contributed by atoms with van der Waals surface area (Å²) in [5, 5.41) is 18.4. The molecule has 8 nitrogen and oxygen atoms in total. The average molecular weight is 553 g/mol. The van der Waals surface area contributed by atoms with Crippen molar-refractivity contribution >= 4 is 46.5 Å². The average Bonchev–Trinajstić information content (AvgIpc) is 3.49. The van der Waals surface area contributed by atoms with Crippen molar-refractivity contribution in [1.82, 2.24) is 30.4 Å². The number of benzene rings is 2. The zero-order valence-electron chi connectivity index (χ0n) is 20.1. The van der Waals surface area contributed by atoms with Gasteiger partial charge in [-0.2, -0.15) is 0 Å².